The summed E-state index contributed by atoms with van der Waals surface area (Å²) in [7, 11) is 0. The minimum absolute atomic E-state index is 0.0998. The van der Waals surface area contributed by atoms with Crippen molar-refractivity contribution in [3.05, 3.63) is 28.6 Å². The fourth-order valence-electron chi connectivity index (χ4n) is 3.65. The Labute approximate surface area is 173 Å². The summed E-state index contributed by atoms with van der Waals surface area (Å²) < 4.78 is 7.49. The number of likely N-dealkylation sites (N-methyl/N-ethyl adjacent to an activating group) is 1. The van der Waals surface area contributed by atoms with Crippen LogP contribution in [0.15, 0.2) is 11.6 Å². The maximum absolute atomic E-state index is 12.6. The molecule has 0 aromatic carbocycles. The Morgan fingerprint density at radius 3 is 2.45 bits per heavy atom. The topological polar surface area (TPSA) is 78.6 Å². The first-order valence-corrected chi connectivity index (χ1v) is 10.3. The number of amides is 1. The molecule has 2 rings (SSSR count). The van der Waals surface area contributed by atoms with E-state index in [-0.39, 0.29) is 11.5 Å². The van der Waals surface area contributed by atoms with Crippen molar-refractivity contribution in [1.82, 2.24) is 14.4 Å². The number of rotatable bonds is 7. The molecule has 7 heteroatoms. The van der Waals surface area contributed by atoms with Gasteiger partial charge in [0, 0.05) is 44.1 Å². The highest BCUT2D eigenvalue weighted by atomic mass is 16.5. The minimum atomic E-state index is -0.917. The lowest BCUT2D eigenvalue weighted by molar-refractivity contribution is -0.156. The van der Waals surface area contributed by atoms with Gasteiger partial charge < -0.3 is 19.1 Å². The zero-order valence-electron chi connectivity index (χ0n) is 18.2. The summed E-state index contributed by atoms with van der Waals surface area (Å²) in [5.74, 6) is -0.978. The quantitative estimate of drug-likeness (QED) is 0.399. The molecule has 1 aliphatic rings. The fourth-order valence-corrected chi connectivity index (χ4v) is 3.65. The highest BCUT2D eigenvalue weighted by molar-refractivity contribution is 5.99. The van der Waals surface area contributed by atoms with Gasteiger partial charge in [-0.25, -0.2) is 4.79 Å². The van der Waals surface area contributed by atoms with Crippen molar-refractivity contribution < 1.29 is 14.3 Å². The van der Waals surface area contributed by atoms with Gasteiger partial charge in [0.1, 0.15) is 11.6 Å². The van der Waals surface area contributed by atoms with Gasteiger partial charge in [0.15, 0.2) is 6.10 Å². The number of aryl methyl sites for hydroxylation is 1. The van der Waals surface area contributed by atoms with E-state index in [4.69, 9.17) is 4.74 Å². The monoisotopic (exact) mass is 400 g/mol. The average molecular weight is 401 g/mol. The van der Waals surface area contributed by atoms with Gasteiger partial charge in [-0.1, -0.05) is 13.8 Å². The van der Waals surface area contributed by atoms with Crippen molar-refractivity contribution in [3.8, 4) is 6.07 Å². The molecule has 0 N–H and O–H groups in total. The van der Waals surface area contributed by atoms with E-state index in [1.807, 2.05) is 26.0 Å². The Morgan fingerprint density at radius 2 is 1.90 bits per heavy atom. The molecule has 2 heterocycles. The summed E-state index contributed by atoms with van der Waals surface area (Å²) in [5, 5.41) is 9.46. The second-order valence-corrected chi connectivity index (χ2v) is 7.46. The molecule has 1 aliphatic heterocycles. The third-order valence-electron chi connectivity index (χ3n) is 5.46. The van der Waals surface area contributed by atoms with Crippen LogP contribution in [0.5, 0.6) is 0 Å². The lowest BCUT2D eigenvalue weighted by Gasteiger charge is -2.35. The molecule has 1 atom stereocenters. The van der Waals surface area contributed by atoms with Crippen LogP contribution in [0.3, 0.4) is 0 Å². The summed E-state index contributed by atoms with van der Waals surface area (Å²) in [6, 6.07) is 3.88. The van der Waals surface area contributed by atoms with E-state index in [0.717, 1.165) is 49.6 Å². The molecular weight excluding hydrogens is 368 g/mol. The Bertz CT molecular complexity index is 811. The summed E-state index contributed by atoms with van der Waals surface area (Å²) in [5.41, 5.74) is 2.80. The largest absolute Gasteiger partial charge is 0.448 e. The first-order valence-electron chi connectivity index (χ1n) is 10.3. The lowest BCUT2D eigenvalue weighted by Crippen LogP contribution is -2.51. The summed E-state index contributed by atoms with van der Waals surface area (Å²) in [6.45, 7) is 14.5. The SMILES string of the molecule is CCCn1c(C)cc(/C=C(\C#N)C(=O)O[C@H](C)C(=O)N2CCN(CC)CC2)c1C. The predicted octanol–water partition coefficient (Wildman–Crippen LogP) is 2.52. The number of carbonyl (C=O) groups excluding carboxylic acids is 2. The zero-order valence-corrected chi connectivity index (χ0v) is 18.2. The molecule has 1 aromatic heterocycles. The first kappa shape index (κ1) is 22.7. The number of aromatic nitrogens is 1. The van der Waals surface area contributed by atoms with Crippen LogP contribution in [0.1, 0.15) is 44.1 Å². The average Bonchev–Trinajstić information content (AvgIpc) is 2.98. The summed E-state index contributed by atoms with van der Waals surface area (Å²) >= 11 is 0. The lowest BCUT2D eigenvalue weighted by atomic mass is 10.1. The third-order valence-corrected chi connectivity index (χ3v) is 5.46. The summed E-state index contributed by atoms with van der Waals surface area (Å²) in [4.78, 5) is 29.1. The smallest absolute Gasteiger partial charge is 0.349 e. The fraction of sp³-hybridized carbons (Fsp3) is 0.591. The van der Waals surface area contributed by atoms with Crippen molar-refractivity contribution in [2.24, 2.45) is 0 Å². The molecule has 1 amide bonds. The third kappa shape index (κ3) is 5.48. The second-order valence-electron chi connectivity index (χ2n) is 7.46. The van der Waals surface area contributed by atoms with Gasteiger partial charge >= 0.3 is 5.97 Å². The molecule has 0 radical (unpaired) electrons. The van der Waals surface area contributed by atoms with Crippen molar-refractivity contribution in [2.45, 2.75) is 53.7 Å². The zero-order chi connectivity index (χ0) is 21.6. The van der Waals surface area contributed by atoms with E-state index in [1.54, 1.807) is 17.9 Å². The van der Waals surface area contributed by atoms with Crippen LogP contribution in [-0.4, -0.2) is 65.1 Å². The highest BCUT2D eigenvalue weighted by Gasteiger charge is 2.27. The molecule has 158 valence electrons. The van der Waals surface area contributed by atoms with Crippen LogP contribution in [0, 0.1) is 25.2 Å². The predicted molar refractivity (Wildman–Crippen MR) is 112 cm³/mol. The number of piperazine rings is 1. The number of nitrogens with zero attached hydrogens (tertiary/aromatic N) is 4. The van der Waals surface area contributed by atoms with Gasteiger partial charge in [0.25, 0.3) is 5.91 Å². The van der Waals surface area contributed by atoms with Crippen molar-refractivity contribution in [3.63, 3.8) is 0 Å². The molecule has 0 bridgehead atoms. The number of ether oxygens (including phenoxy) is 1. The van der Waals surface area contributed by atoms with Gasteiger partial charge in [-0.15, -0.1) is 0 Å². The van der Waals surface area contributed by atoms with Gasteiger partial charge in [-0.2, -0.15) is 5.26 Å². The molecule has 1 saturated heterocycles. The molecule has 7 nitrogen and oxygen atoms in total. The molecule has 0 unspecified atom stereocenters. The van der Waals surface area contributed by atoms with Crippen molar-refractivity contribution >= 4 is 18.0 Å². The second kappa shape index (κ2) is 10.3. The van der Waals surface area contributed by atoms with E-state index < -0.39 is 12.1 Å². The first-order chi connectivity index (χ1) is 13.8. The van der Waals surface area contributed by atoms with Gasteiger partial charge in [0.2, 0.25) is 0 Å². The normalized spacial score (nSPS) is 16.4. The van der Waals surface area contributed by atoms with Gasteiger partial charge in [-0.3, -0.25) is 4.79 Å². The number of esters is 1. The van der Waals surface area contributed by atoms with E-state index in [0.29, 0.717) is 13.1 Å². The van der Waals surface area contributed by atoms with Gasteiger partial charge in [-0.05, 0) is 51.4 Å². The Hall–Kier alpha value is -2.59. The van der Waals surface area contributed by atoms with Gasteiger partial charge in [0.05, 0.1) is 0 Å². The standard InChI is InChI=1S/C22H32N4O3/c1-6-8-26-16(3)13-19(17(26)4)14-20(15-23)22(28)29-18(5)21(27)25-11-9-24(7-2)10-12-25/h13-14,18H,6-12H2,1-5H3/b20-14+/t18-/m1/s1. The number of nitriles is 1. The minimum Gasteiger partial charge on any atom is -0.448 e. The number of hydrogen-bond acceptors (Lipinski definition) is 5. The molecule has 0 aliphatic carbocycles. The molecule has 0 spiro atoms. The van der Waals surface area contributed by atoms with Crippen molar-refractivity contribution in [2.75, 3.05) is 32.7 Å². The maximum Gasteiger partial charge on any atom is 0.349 e. The van der Waals surface area contributed by atoms with Crippen LogP contribution < -0.4 is 0 Å². The van der Waals surface area contributed by atoms with E-state index >= 15 is 0 Å². The number of carbonyl (C=O) groups is 2. The Balaban J connectivity index is 2.06. The molecule has 0 saturated carbocycles. The van der Waals surface area contributed by atoms with Crippen LogP contribution >= 0.6 is 0 Å². The highest BCUT2D eigenvalue weighted by Crippen LogP contribution is 2.19. The van der Waals surface area contributed by atoms with Crippen LogP contribution in [-0.2, 0) is 20.9 Å². The van der Waals surface area contributed by atoms with E-state index in [9.17, 15) is 14.9 Å². The molecule has 1 aromatic rings. The Kier molecular flexibility index (Phi) is 8.03. The molecular formula is C22H32N4O3. The Morgan fingerprint density at radius 1 is 1.24 bits per heavy atom. The summed E-state index contributed by atoms with van der Waals surface area (Å²) in [6.07, 6.45) is 1.63. The van der Waals surface area contributed by atoms with Crippen LogP contribution in [0.25, 0.3) is 6.08 Å². The van der Waals surface area contributed by atoms with E-state index in [1.165, 1.54) is 0 Å². The molecule has 29 heavy (non-hydrogen) atoms. The molecule has 1 fully saturated rings. The maximum atomic E-state index is 12.6. The van der Waals surface area contributed by atoms with Crippen LogP contribution in [0.2, 0.25) is 0 Å². The van der Waals surface area contributed by atoms with Crippen molar-refractivity contribution in [1.29, 1.82) is 5.26 Å². The van der Waals surface area contributed by atoms with Crippen LogP contribution in [0.4, 0.5) is 0 Å². The van der Waals surface area contributed by atoms with E-state index in [2.05, 4.69) is 23.3 Å². The number of hydrogen-bond donors (Lipinski definition) is 0.